The summed E-state index contributed by atoms with van der Waals surface area (Å²) in [4.78, 5) is 24.8. The molecule has 0 saturated heterocycles. The van der Waals surface area contributed by atoms with E-state index in [1.807, 2.05) is 59.7 Å². The van der Waals surface area contributed by atoms with Crippen LogP contribution in [0, 0.1) is 0 Å². The van der Waals surface area contributed by atoms with Crippen molar-refractivity contribution in [3.63, 3.8) is 0 Å². The SMILES string of the molecule is CSc1ccccc1C(=O)N1CCc2c([nH]c3ccccc23)[C@H]1c1ccccn1. The molecule has 1 N–H and O–H groups in total. The Bertz CT molecular complexity index is 1190. The van der Waals surface area contributed by atoms with E-state index in [0.717, 1.165) is 33.8 Å². The standard InChI is InChI=1S/C24H21N3OS/c1-29-21-12-5-3-9-18(21)24(28)27-15-13-17-16-8-2-4-10-19(16)26-22(17)23(27)20-11-6-7-14-25-20/h2-12,14,23,26H,13,15H2,1H3/t23-/m1/s1. The fourth-order valence-corrected chi connectivity index (χ4v) is 4.87. The molecule has 1 aliphatic rings. The zero-order chi connectivity index (χ0) is 19.8. The first kappa shape index (κ1) is 18.0. The maximum atomic E-state index is 13.7. The van der Waals surface area contributed by atoms with Crippen LogP contribution in [0.25, 0.3) is 10.9 Å². The summed E-state index contributed by atoms with van der Waals surface area (Å²) in [6.07, 6.45) is 4.63. The molecule has 29 heavy (non-hydrogen) atoms. The van der Waals surface area contributed by atoms with E-state index >= 15 is 0 Å². The van der Waals surface area contributed by atoms with E-state index in [1.165, 1.54) is 10.9 Å². The van der Waals surface area contributed by atoms with Gasteiger partial charge in [-0.05, 0) is 48.6 Å². The molecule has 0 spiro atoms. The smallest absolute Gasteiger partial charge is 0.255 e. The first-order chi connectivity index (χ1) is 14.3. The molecule has 0 bridgehead atoms. The van der Waals surface area contributed by atoms with Gasteiger partial charge in [0, 0.05) is 34.2 Å². The number of benzene rings is 2. The molecule has 3 heterocycles. The predicted molar refractivity (Wildman–Crippen MR) is 117 cm³/mol. The molecule has 1 amide bonds. The van der Waals surface area contributed by atoms with Gasteiger partial charge >= 0.3 is 0 Å². The minimum atomic E-state index is -0.227. The van der Waals surface area contributed by atoms with Crippen LogP contribution < -0.4 is 0 Å². The van der Waals surface area contributed by atoms with Crippen molar-refractivity contribution in [2.75, 3.05) is 12.8 Å². The highest BCUT2D eigenvalue weighted by Crippen LogP contribution is 2.39. The first-order valence-corrected chi connectivity index (χ1v) is 10.9. The van der Waals surface area contributed by atoms with Crippen LogP contribution in [0.15, 0.2) is 77.8 Å². The summed E-state index contributed by atoms with van der Waals surface area (Å²) >= 11 is 1.60. The molecule has 0 fully saturated rings. The fourth-order valence-electron chi connectivity index (χ4n) is 4.28. The summed E-state index contributed by atoms with van der Waals surface area (Å²) in [6, 6.07) is 21.9. The highest BCUT2D eigenvalue weighted by molar-refractivity contribution is 7.98. The Kier molecular flexibility index (Phi) is 4.60. The maximum absolute atomic E-state index is 13.7. The molecule has 1 atom stereocenters. The highest BCUT2D eigenvalue weighted by atomic mass is 32.2. The lowest BCUT2D eigenvalue weighted by Crippen LogP contribution is -2.41. The Morgan fingerprint density at radius 2 is 1.86 bits per heavy atom. The highest BCUT2D eigenvalue weighted by Gasteiger charge is 2.36. The Balaban J connectivity index is 1.67. The lowest BCUT2D eigenvalue weighted by Gasteiger charge is -2.36. The number of aromatic amines is 1. The van der Waals surface area contributed by atoms with Crippen LogP contribution in [0.3, 0.4) is 0 Å². The average Bonchev–Trinajstić information content (AvgIpc) is 3.17. The summed E-state index contributed by atoms with van der Waals surface area (Å²) < 4.78 is 0. The van der Waals surface area contributed by atoms with E-state index in [1.54, 1.807) is 18.0 Å². The second kappa shape index (κ2) is 7.41. The summed E-state index contributed by atoms with van der Waals surface area (Å²) in [6.45, 7) is 0.664. The maximum Gasteiger partial charge on any atom is 0.255 e. The number of aromatic nitrogens is 2. The molecule has 144 valence electrons. The lowest BCUT2D eigenvalue weighted by atomic mass is 9.94. The molecule has 0 unspecified atom stereocenters. The first-order valence-electron chi connectivity index (χ1n) is 9.72. The van der Waals surface area contributed by atoms with E-state index in [-0.39, 0.29) is 11.9 Å². The number of hydrogen-bond acceptors (Lipinski definition) is 3. The van der Waals surface area contributed by atoms with Crippen molar-refractivity contribution in [3.8, 4) is 0 Å². The Labute approximate surface area is 174 Å². The van der Waals surface area contributed by atoms with Gasteiger partial charge in [-0.15, -0.1) is 11.8 Å². The van der Waals surface area contributed by atoms with Crippen molar-refractivity contribution < 1.29 is 4.79 Å². The molecule has 0 saturated carbocycles. The lowest BCUT2D eigenvalue weighted by molar-refractivity contribution is 0.0685. The van der Waals surface area contributed by atoms with Crippen LogP contribution in [0.2, 0.25) is 0 Å². The predicted octanol–water partition coefficient (Wildman–Crippen LogP) is 5.07. The Morgan fingerprint density at radius 3 is 2.69 bits per heavy atom. The number of carbonyl (C=O) groups is 1. The number of rotatable bonds is 3. The molecule has 0 radical (unpaired) electrons. The van der Waals surface area contributed by atoms with Gasteiger partial charge in [-0.1, -0.05) is 36.4 Å². The second-order valence-electron chi connectivity index (χ2n) is 7.17. The van der Waals surface area contributed by atoms with Crippen molar-refractivity contribution in [2.24, 2.45) is 0 Å². The van der Waals surface area contributed by atoms with Crippen molar-refractivity contribution in [1.82, 2.24) is 14.9 Å². The van der Waals surface area contributed by atoms with Gasteiger partial charge < -0.3 is 9.88 Å². The van der Waals surface area contributed by atoms with Crippen LogP contribution in [0.5, 0.6) is 0 Å². The number of amides is 1. The number of thioether (sulfide) groups is 1. The van der Waals surface area contributed by atoms with Gasteiger partial charge in [0.2, 0.25) is 0 Å². The fraction of sp³-hybridized carbons (Fsp3) is 0.167. The summed E-state index contributed by atoms with van der Waals surface area (Å²) in [5.74, 6) is 0.0508. The van der Waals surface area contributed by atoms with E-state index in [9.17, 15) is 4.79 Å². The Morgan fingerprint density at radius 1 is 1.07 bits per heavy atom. The van der Waals surface area contributed by atoms with E-state index in [0.29, 0.717) is 6.54 Å². The van der Waals surface area contributed by atoms with Crippen LogP contribution in [0.4, 0.5) is 0 Å². The molecular weight excluding hydrogens is 378 g/mol. The number of nitrogens with zero attached hydrogens (tertiary/aromatic N) is 2. The molecule has 0 aliphatic carbocycles. The third kappa shape index (κ3) is 3.02. The summed E-state index contributed by atoms with van der Waals surface area (Å²) in [5, 5.41) is 1.24. The monoisotopic (exact) mass is 399 g/mol. The summed E-state index contributed by atoms with van der Waals surface area (Å²) in [5.41, 5.74) is 5.11. The number of hydrogen-bond donors (Lipinski definition) is 1. The number of para-hydroxylation sites is 1. The number of fused-ring (bicyclic) bond motifs is 3. The zero-order valence-corrected chi connectivity index (χ0v) is 16.9. The van der Waals surface area contributed by atoms with Crippen LogP contribution >= 0.6 is 11.8 Å². The van der Waals surface area contributed by atoms with Gasteiger partial charge in [-0.2, -0.15) is 0 Å². The summed E-state index contributed by atoms with van der Waals surface area (Å²) in [7, 11) is 0. The molecule has 2 aromatic heterocycles. The van der Waals surface area contributed by atoms with E-state index in [4.69, 9.17) is 0 Å². The van der Waals surface area contributed by atoms with Crippen LogP contribution in [-0.4, -0.2) is 33.6 Å². The van der Waals surface area contributed by atoms with Gasteiger partial charge in [0.25, 0.3) is 5.91 Å². The van der Waals surface area contributed by atoms with Gasteiger partial charge in [0.1, 0.15) is 6.04 Å². The number of pyridine rings is 1. The molecule has 4 aromatic rings. The molecule has 2 aromatic carbocycles. The minimum Gasteiger partial charge on any atom is -0.356 e. The second-order valence-corrected chi connectivity index (χ2v) is 8.02. The normalized spacial score (nSPS) is 16.0. The van der Waals surface area contributed by atoms with Gasteiger partial charge in [0.15, 0.2) is 0 Å². The molecule has 4 nitrogen and oxygen atoms in total. The number of nitrogens with one attached hydrogen (secondary N) is 1. The topological polar surface area (TPSA) is 49.0 Å². The van der Waals surface area contributed by atoms with Gasteiger partial charge in [-0.25, -0.2) is 0 Å². The quantitative estimate of drug-likeness (QED) is 0.489. The zero-order valence-electron chi connectivity index (χ0n) is 16.1. The van der Waals surface area contributed by atoms with Gasteiger partial charge in [0.05, 0.1) is 11.3 Å². The van der Waals surface area contributed by atoms with Crippen molar-refractivity contribution in [1.29, 1.82) is 0 Å². The van der Waals surface area contributed by atoms with Crippen molar-refractivity contribution >= 4 is 28.6 Å². The number of carbonyl (C=O) groups excluding carboxylic acids is 1. The molecular formula is C24H21N3OS. The Hall–Kier alpha value is -3.05. The average molecular weight is 400 g/mol. The van der Waals surface area contributed by atoms with Crippen molar-refractivity contribution in [2.45, 2.75) is 17.4 Å². The third-order valence-electron chi connectivity index (χ3n) is 5.60. The number of H-pyrrole nitrogens is 1. The molecule has 5 heteroatoms. The largest absolute Gasteiger partial charge is 0.356 e. The van der Waals surface area contributed by atoms with Crippen LogP contribution in [0.1, 0.15) is 33.4 Å². The molecule has 5 rings (SSSR count). The van der Waals surface area contributed by atoms with Crippen LogP contribution in [-0.2, 0) is 6.42 Å². The van der Waals surface area contributed by atoms with E-state index < -0.39 is 0 Å². The minimum absolute atomic E-state index is 0.0508. The van der Waals surface area contributed by atoms with E-state index in [2.05, 4.69) is 28.2 Å². The van der Waals surface area contributed by atoms with Crippen molar-refractivity contribution in [3.05, 3.63) is 95.4 Å². The third-order valence-corrected chi connectivity index (χ3v) is 6.40. The molecule has 1 aliphatic heterocycles. The van der Waals surface area contributed by atoms with Gasteiger partial charge in [-0.3, -0.25) is 9.78 Å².